The maximum absolute atomic E-state index is 12.5. The van der Waals surface area contributed by atoms with E-state index in [1.807, 2.05) is 0 Å². The molecule has 254 valence electrons. The van der Waals surface area contributed by atoms with E-state index in [-0.39, 0.29) is 32.0 Å². The summed E-state index contributed by atoms with van der Waals surface area (Å²) in [6.45, 7) is 3.32. The first-order valence-corrected chi connectivity index (χ1v) is 17.1. The number of carbonyl (C=O) groups excluding carboxylic acids is 2. The van der Waals surface area contributed by atoms with Gasteiger partial charge in [-0.25, -0.2) is 0 Å². The third kappa shape index (κ3) is 19.0. The fourth-order valence-electron chi connectivity index (χ4n) is 5.19. The van der Waals surface area contributed by atoms with E-state index < -0.39 is 49.4 Å². The van der Waals surface area contributed by atoms with Crippen molar-refractivity contribution in [3.63, 3.8) is 0 Å². The molecular weight excluding hydrogens is 556 g/mol. The molecule has 0 spiro atoms. The van der Waals surface area contributed by atoms with E-state index in [0.29, 0.717) is 6.42 Å². The molecule has 0 aromatic rings. The van der Waals surface area contributed by atoms with Gasteiger partial charge in [0, 0.05) is 12.8 Å². The van der Waals surface area contributed by atoms with Crippen LogP contribution in [0.1, 0.15) is 142 Å². The molecule has 0 saturated carbocycles. The van der Waals surface area contributed by atoms with Crippen LogP contribution in [-0.4, -0.2) is 89.0 Å². The molecule has 1 aliphatic rings. The maximum atomic E-state index is 12.5. The van der Waals surface area contributed by atoms with Crippen molar-refractivity contribution < 1.29 is 49.0 Å². The molecule has 0 aliphatic carbocycles. The molecule has 0 amide bonds. The van der Waals surface area contributed by atoms with Crippen molar-refractivity contribution in [2.24, 2.45) is 0 Å². The smallest absolute Gasteiger partial charge is 0.306 e. The van der Waals surface area contributed by atoms with Crippen LogP contribution in [0.2, 0.25) is 0 Å². The van der Waals surface area contributed by atoms with Gasteiger partial charge in [-0.3, -0.25) is 9.59 Å². The van der Waals surface area contributed by atoms with Gasteiger partial charge in [-0.2, -0.15) is 0 Å². The summed E-state index contributed by atoms with van der Waals surface area (Å²) in [7, 11) is 0. The summed E-state index contributed by atoms with van der Waals surface area (Å²) >= 11 is 0. The van der Waals surface area contributed by atoms with Crippen molar-refractivity contribution in [2.45, 2.75) is 179 Å². The Hall–Kier alpha value is -1.30. The molecule has 1 saturated heterocycles. The zero-order valence-corrected chi connectivity index (χ0v) is 27.0. The lowest BCUT2D eigenvalue weighted by atomic mass is 9.99. The summed E-state index contributed by atoms with van der Waals surface area (Å²) in [6, 6.07) is 0. The number of hydrogen-bond donors (Lipinski definition) is 4. The van der Waals surface area contributed by atoms with Gasteiger partial charge in [-0.15, -0.1) is 0 Å². The predicted molar refractivity (Wildman–Crippen MR) is 164 cm³/mol. The van der Waals surface area contributed by atoms with Gasteiger partial charge in [0.25, 0.3) is 0 Å². The lowest BCUT2D eigenvalue weighted by Gasteiger charge is -2.39. The summed E-state index contributed by atoms with van der Waals surface area (Å²) in [5.41, 5.74) is 0. The number of aliphatic hydroxyl groups is 4. The van der Waals surface area contributed by atoms with Crippen LogP contribution >= 0.6 is 0 Å². The molecule has 0 unspecified atom stereocenters. The summed E-state index contributed by atoms with van der Waals surface area (Å²) in [5.74, 6) is -0.813. The number of ether oxygens (including phenoxy) is 4. The highest BCUT2D eigenvalue weighted by molar-refractivity contribution is 5.70. The topological polar surface area (TPSA) is 152 Å². The predicted octanol–water partition coefficient (Wildman–Crippen LogP) is 5.10. The van der Waals surface area contributed by atoms with Crippen molar-refractivity contribution in [1.82, 2.24) is 0 Å². The van der Waals surface area contributed by atoms with Gasteiger partial charge in [-0.05, 0) is 12.8 Å². The largest absolute Gasteiger partial charge is 0.462 e. The van der Waals surface area contributed by atoms with Crippen LogP contribution in [0.5, 0.6) is 0 Å². The third-order valence-electron chi connectivity index (χ3n) is 7.99. The number of rotatable bonds is 27. The molecule has 6 atom stereocenters. The molecular formula is C33H62O10. The average Bonchev–Trinajstić information content (AvgIpc) is 3.00. The molecule has 1 aliphatic heterocycles. The molecule has 0 bridgehead atoms. The second kappa shape index (κ2) is 26.0. The minimum Gasteiger partial charge on any atom is -0.462 e. The highest BCUT2D eigenvalue weighted by atomic mass is 16.7. The van der Waals surface area contributed by atoms with Gasteiger partial charge in [-0.1, -0.05) is 117 Å². The molecule has 10 heteroatoms. The van der Waals surface area contributed by atoms with Gasteiger partial charge < -0.3 is 39.4 Å². The number of aliphatic hydroxyl groups excluding tert-OH is 4. The molecule has 0 radical (unpaired) electrons. The number of carbonyl (C=O) groups is 2. The lowest BCUT2D eigenvalue weighted by Crippen LogP contribution is -2.59. The van der Waals surface area contributed by atoms with E-state index in [1.165, 1.54) is 64.2 Å². The van der Waals surface area contributed by atoms with E-state index in [2.05, 4.69) is 13.8 Å². The Bertz CT molecular complexity index is 689. The Morgan fingerprint density at radius 1 is 0.628 bits per heavy atom. The van der Waals surface area contributed by atoms with Crippen molar-refractivity contribution in [3.8, 4) is 0 Å². The maximum Gasteiger partial charge on any atom is 0.306 e. The minimum atomic E-state index is -1.59. The van der Waals surface area contributed by atoms with Crippen LogP contribution in [0.15, 0.2) is 0 Å². The second-order valence-corrected chi connectivity index (χ2v) is 12.0. The standard InChI is InChI=1S/C33H62O10/c1-3-5-7-9-11-12-13-14-15-16-18-19-21-28(35)40-24-26(42-29(36)22-20-17-10-8-6-4-2)25-41-33-32(39)31(38)30(37)27(23-34)43-33/h26-27,30-34,37-39H,3-25H2,1-2H3/t26-,27-,30+,31+,32-,33-/m1/s1. The van der Waals surface area contributed by atoms with Gasteiger partial charge in [0.05, 0.1) is 13.2 Å². The average molecular weight is 619 g/mol. The SMILES string of the molecule is CCCCCCCCCCCCCCC(=O)OC[C@H](CO[C@@H]1O[C@H](CO)[C@H](O)[C@H](O)[C@H]1O)OC(=O)CCCCCCCC. The Morgan fingerprint density at radius 2 is 1.09 bits per heavy atom. The van der Waals surface area contributed by atoms with Gasteiger partial charge in [0.15, 0.2) is 12.4 Å². The Labute approximate surface area is 259 Å². The van der Waals surface area contributed by atoms with Crippen LogP contribution in [0, 0.1) is 0 Å². The highest BCUT2D eigenvalue weighted by Gasteiger charge is 2.44. The van der Waals surface area contributed by atoms with Gasteiger partial charge in [0.1, 0.15) is 31.0 Å². The second-order valence-electron chi connectivity index (χ2n) is 12.0. The van der Waals surface area contributed by atoms with Gasteiger partial charge >= 0.3 is 11.9 Å². The molecule has 4 N–H and O–H groups in total. The van der Waals surface area contributed by atoms with E-state index in [4.69, 9.17) is 18.9 Å². The molecule has 1 heterocycles. The quantitative estimate of drug-likeness (QED) is 0.0723. The third-order valence-corrected chi connectivity index (χ3v) is 7.99. The zero-order valence-electron chi connectivity index (χ0n) is 27.0. The lowest BCUT2D eigenvalue weighted by molar-refractivity contribution is -0.305. The zero-order chi connectivity index (χ0) is 31.7. The summed E-state index contributed by atoms with van der Waals surface area (Å²) < 4.78 is 21.9. The van der Waals surface area contributed by atoms with Crippen molar-refractivity contribution >= 4 is 11.9 Å². The summed E-state index contributed by atoms with van der Waals surface area (Å²) in [4.78, 5) is 24.9. The van der Waals surface area contributed by atoms with E-state index >= 15 is 0 Å². The Morgan fingerprint density at radius 3 is 1.58 bits per heavy atom. The fourth-order valence-corrected chi connectivity index (χ4v) is 5.19. The highest BCUT2D eigenvalue weighted by Crippen LogP contribution is 2.22. The van der Waals surface area contributed by atoms with E-state index in [0.717, 1.165) is 44.9 Å². The Balaban J connectivity index is 2.40. The molecule has 0 aromatic heterocycles. The normalized spacial score (nSPS) is 22.8. The van der Waals surface area contributed by atoms with Crippen molar-refractivity contribution in [3.05, 3.63) is 0 Å². The van der Waals surface area contributed by atoms with E-state index in [9.17, 15) is 30.0 Å². The summed E-state index contributed by atoms with van der Waals surface area (Å²) in [5, 5.41) is 39.6. The molecule has 1 fully saturated rings. The number of unbranched alkanes of at least 4 members (excludes halogenated alkanes) is 16. The summed E-state index contributed by atoms with van der Waals surface area (Å²) in [6.07, 6.45) is 13.0. The Kier molecular flexibility index (Phi) is 24.0. The van der Waals surface area contributed by atoms with Crippen molar-refractivity contribution in [1.29, 1.82) is 0 Å². The van der Waals surface area contributed by atoms with Gasteiger partial charge in [0.2, 0.25) is 0 Å². The van der Waals surface area contributed by atoms with Crippen LogP contribution in [0.3, 0.4) is 0 Å². The minimum absolute atomic E-state index is 0.212. The van der Waals surface area contributed by atoms with E-state index in [1.54, 1.807) is 0 Å². The molecule has 10 nitrogen and oxygen atoms in total. The fraction of sp³-hybridized carbons (Fsp3) is 0.939. The first-order chi connectivity index (χ1) is 20.8. The number of esters is 2. The molecule has 43 heavy (non-hydrogen) atoms. The van der Waals surface area contributed by atoms with Crippen LogP contribution < -0.4 is 0 Å². The molecule has 0 aromatic carbocycles. The van der Waals surface area contributed by atoms with Crippen LogP contribution in [-0.2, 0) is 28.5 Å². The van der Waals surface area contributed by atoms with Crippen molar-refractivity contribution in [2.75, 3.05) is 19.8 Å². The monoisotopic (exact) mass is 618 g/mol. The molecule has 1 rings (SSSR count). The number of hydrogen-bond acceptors (Lipinski definition) is 10. The van der Waals surface area contributed by atoms with Crippen LogP contribution in [0.4, 0.5) is 0 Å². The van der Waals surface area contributed by atoms with Crippen LogP contribution in [0.25, 0.3) is 0 Å². The first-order valence-electron chi connectivity index (χ1n) is 17.1. The first kappa shape index (κ1) is 39.7.